The molecule has 0 atom stereocenters. The minimum absolute atomic E-state index is 0.0304. The average Bonchev–Trinajstić information content (AvgIpc) is 3.16. The van der Waals surface area contributed by atoms with Crippen LogP contribution in [0, 0.1) is 21.4 Å². The number of ether oxygens (including phenoxy) is 1. The zero-order chi connectivity index (χ0) is 20.0. The van der Waals surface area contributed by atoms with E-state index in [4.69, 9.17) is 4.74 Å². The Morgan fingerprint density at radius 3 is 2.57 bits per heavy atom. The Morgan fingerprint density at radius 2 is 1.93 bits per heavy atom. The minimum atomic E-state index is -0.803. The highest BCUT2D eigenvalue weighted by Crippen LogP contribution is 2.29. The van der Waals surface area contributed by atoms with Gasteiger partial charge in [0.25, 0.3) is 11.6 Å². The summed E-state index contributed by atoms with van der Waals surface area (Å²) in [5, 5.41) is 23.3. The molecular weight excluding hydrogens is 358 g/mol. The fraction of sp³-hybridized carbons (Fsp3) is 0.333. The molecule has 144 valence electrons. The molecule has 2 aromatic carbocycles. The number of hydrogen-bond donors (Lipinski definition) is 1. The highest BCUT2D eigenvalue weighted by Gasteiger charge is 2.35. The van der Waals surface area contributed by atoms with Crippen LogP contribution in [-0.2, 0) is 11.2 Å². The second kappa shape index (κ2) is 8.53. The van der Waals surface area contributed by atoms with Gasteiger partial charge in [-0.3, -0.25) is 14.9 Å². The van der Waals surface area contributed by atoms with Gasteiger partial charge in [-0.05, 0) is 37.3 Å². The van der Waals surface area contributed by atoms with Crippen LogP contribution < -0.4 is 10.1 Å². The van der Waals surface area contributed by atoms with Crippen LogP contribution in [0.25, 0.3) is 0 Å². The van der Waals surface area contributed by atoms with Crippen LogP contribution in [0.2, 0.25) is 0 Å². The van der Waals surface area contributed by atoms with Gasteiger partial charge in [0.15, 0.2) is 6.61 Å². The largest absolute Gasteiger partial charge is 0.483 e. The van der Waals surface area contributed by atoms with Crippen molar-refractivity contribution in [2.75, 3.05) is 6.61 Å². The van der Waals surface area contributed by atoms with E-state index in [2.05, 4.69) is 11.4 Å². The Morgan fingerprint density at radius 1 is 1.21 bits per heavy atom. The zero-order valence-corrected chi connectivity index (χ0v) is 15.4. The highest BCUT2D eigenvalue weighted by atomic mass is 16.6. The second-order valence-electron chi connectivity index (χ2n) is 6.95. The van der Waals surface area contributed by atoms with Crippen LogP contribution in [-0.4, -0.2) is 23.0 Å². The molecule has 0 aromatic heterocycles. The van der Waals surface area contributed by atoms with E-state index >= 15 is 0 Å². The number of carbonyl (C=O) groups is 1. The number of nitrogens with zero attached hydrogens (tertiary/aromatic N) is 2. The third-order valence-electron chi connectivity index (χ3n) is 4.90. The number of non-ortho nitro benzene ring substituents is 1. The third-order valence-corrected chi connectivity index (χ3v) is 4.90. The molecule has 0 bridgehead atoms. The lowest BCUT2D eigenvalue weighted by atomic mass is 10.00. The molecule has 1 aliphatic rings. The number of carbonyl (C=O) groups excluding carboxylic acids is 1. The fourth-order valence-electron chi connectivity index (χ4n) is 3.46. The molecule has 0 unspecified atom stereocenters. The maximum Gasteiger partial charge on any atom is 0.269 e. The van der Waals surface area contributed by atoms with Gasteiger partial charge in [-0.2, -0.15) is 5.26 Å². The first-order chi connectivity index (χ1) is 13.5. The molecule has 3 rings (SSSR count). The molecule has 0 radical (unpaired) electrons. The van der Waals surface area contributed by atoms with Crippen LogP contribution in [0.4, 0.5) is 5.69 Å². The number of hydrogen-bond acceptors (Lipinski definition) is 5. The second-order valence-corrected chi connectivity index (χ2v) is 6.95. The van der Waals surface area contributed by atoms with Gasteiger partial charge in [0, 0.05) is 24.1 Å². The summed E-state index contributed by atoms with van der Waals surface area (Å²) < 4.78 is 5.66. The van der Waals surface area contributed by atoms with Crippen molar-refractivity contribution < 1.29 is 14.5 Å². The Bertz CT molecular complexity index is 900. The average molecular weight is 379 g/mol. The molecule has 1 N–H and O–H groups in total. The van der Waals surface area contributed by atoms with Gasteiger partial charge in [0.1, 0.15) is 11.3 Å². The molecule has 7 heteroatoms. The number of nitrogens with one attached hydrogen (secondary N) is 1. The molecule has 2 aromatic rings. The van der Waals surface area contributed by atoms with Crippen molar-refractivity contribution in [3.8, 4) is 11.8 Å². The van der Waals surface area contributed by atoms with Crippen LogP contribution in [0.1, 0.15) is 36.8 Å². The summed E-state index contributed by atoms with van der Waals surface area (Å²) in [7, 11) is 0. The summed E-state index contributed by atoms with van der Waals surface area (Å²) in [5.41, 5.74) is 0.774. The van der Waals surface area contributed by atoms with Gasteiger partial charge < -0.3 is 10.1 Å². The van der Waals surface area contributed by atoms with Gasteiger partial charge in [-0.1, -0.05) is 30.3 Å². The molecule has 1 fully saturated rings. The Hall–Kier alpha value is -3.40. The van der Waals surface area contributed by atoms with Crippen LogP contribution >= 0.6 is 0 Å². The molecule has 1 saturated carbocycles. The zero-order valence-electron chi connectivity index (χ0n) is 15.4. The van der Waals surface area contributed by atoms with Crippen LogP contribution in [0.5, 0.6) is 5.75 Å². The van der Waals surface area contributed by atoms with Gasteiger partial charge in [-0.25, -0.2) is 0 Å². The molecule has 28 heavy (non-hydrogen) atoms. The predicted octanol–water partition coefficient (Wildman–Crippen LogP) is 3.52. The first-order valence-corrected chi connectivity index (χ1v) is 9.18. The summed E-state index contributed by atoms with van der Waals surface area (Å²) in [6, 6.07) is 16.1. The molecule has 1 amide bonds. The highest BCUT2D eigenvalue weighted by molar-refractivity contribution is 5.79. The van der Waals surface area contributed by atoms with E-state index in [1.807, 2.05) is 30.3 Å². The number of amides is 1. The van der Waals surface area contributed by atoms with Crippen molar-refractivity contribution in [2.24, 2.45) is 0 Å². The SMILES string of the molecule is N#CC1(NC(=O)COc2ccc([N+](=O)[O-])cc2Cc2ccccc2)CCCC1. The fourth-order valence-corrected chi connectivity index (χ4v) is 3.46. The Labute approximate surface area is 163 Å². The monoisotopic (exact) mass is 379 g/mol. The maximum absolute atomic E-state index is 12.3. The third kappa shape index (κ3) is 4.65. The summed E-state index contributed by atoms with van der Waals surface area (Å²) in [5.74, 6) is 0.0505. The first-order valence-electron chi connectivity index (χ1n) is 9.18. The minimum Gasteiger partial charge on any atom is -0.483 e. The summed E-state index contributed by atoms with van der Waals surface area (Å²) in [6.45, 7) is -0.247. The van der Waals surface area contributed by atoms with E-state index in [0.717, 1.165) is 18.4 Å². The van der Waals surface area contributed by atoms with Crippen LogP contribution in [0.3, 0.4) is 0 Å². The normalized spacial score (nSPS) is 14.8. The predicted molar refractivity (Wildman–Crippen MR) is 103 cm³/mol. The number of nitro benzene ring substituents is 1. The molecule has 0 aliphatic heterocycles. The van der Waals surface area contributed by atoms with E-state index < -0.39 is 10.5 Å². The van der Waals surface area contributed by atoms with Gasteiger partial charge in [-0.15, -0.1) is 0 Å². The quantitative estimate of drug-likeness (QED) is 0.585. The van der Waals surface area contributed by atoms with Crippen molar-refractivity contribution in [3.05, 3.63) is 69.8 Å². The summed E-state index contributed by atoms with van der Waals surface area (Å²) in [4.78, 5) is 22.9. The van der Waals surface area contributed by atoms with Gasteiger partial charge in [0.2, 0.25) is 0 Å². The molecule has 7 nitrogen and oxygen atoms in total. The lowest BCUT2D eigenvalue weighted by molar-refractivity contribution is -0.384. The lowest BCUT2D eigenvalue weighted by Gasteiger charge is -2.22. The van der Waals surface area contributed by atoms with E-state index in [0.29, 0.717) is 30.6 Å². The number of nitriles is 1. The topological polar surface area (TPSA) is 105 Å². The first kappa shape index (κ1) is 19.4. The van der Waals surface area contributed by atoms with Crippen molar-refractivity contribution in [1.29, 1.82) is 5.26 Å². The lowest BCUT2D eigenvalue weighted by Crippen LogP contribution is -2.47. The van der Waals surface area contributed by atoms with Crippen molar-refractivity contribution >= 4 is 11.6 Å². The molecule has 1 aliphatic carbocycles. The van der Waals surface area contributed by atoms with E-state index in [1.165, 1.54) is 18.2 Å². The van der Waals surface area contributed by atoms with E-state index in [1.54, 1.807) is 0 Å². The summed E-state index contributed by atoms with van der Waals surface area (Å²) >= 11 is 0. The van der Waals surface area contributed by atoms with Crippen molar-refractivity contribution in [1.82, 2.24) is 5.32 Å². The molecule has 0 saturated heterocycles. The van der Waals surface area contributed by atoms with Crippen LogP contribution in [0.15, 0.2) is 48.5 Å². The van der Waals surface area contributed by atoms with E-state index in [9.17, 15) is 20.2 Å². The van der Waals surface area contributed by atoms with Gasteiger partial charge in [0.05, 0.1) is 11.0 Å². The number of rotatable bonds is 7. The Kier molecular flexibility index (Phi) is 5.90. The van der Waals surface area contributed by atoms with Crippen molar-refractivity contribution in [2.45, 2.75) is 37.6 Å². The smallest absolute Gasteiger partial charge is 0.269 e. The standard InChI is InChI=1S/C21H21N3O4/c22-15-21(10-4-5-11-21)23-20(25)14-28-19-9-8-18(24(26)27)13-17(19)12-16-6-2-1-3-7-16/h1-3,6-9,13H,4-5,10-12,14H2,(H,23,25). The molecular formula is C21H21N3O4. The Balaban J connectivity index is 1.72. The summed E-state index contributed by atoms with van der Waals surface area (Å²) in [6.07, 6.45) is 3.57. The maximum atomic E-state index is 12.3. The van der Waals surface area contributed by atoms with E-state index in [-0.39, 0.29) is 18.2 Å². The number of benzene rings is 2. The van der Waals surface area contributed by atoms with Crippen molar-refractivity contribution in [3.63, 3.8) is 0 Å². The molecule has 0 heterocycles. The van der Waals surface area contributed by atoms with Gasteiger partial charge >= 0.3 is 0 Å². The number of nitro groups is 1. The molecule has 0 spiro atoms.